The molecule has 21 heavy (non-hydrogen) atoms. The molecule has 1 amide bonds. The monoisotopic (exact) mass is 286 g/mol. The van der Waals surface area contributed by atoms with Crippen LogP contribution in [0.2, 0.25) is 0 Å². The molecule has 1 saturated carbocycles. The number of hydrogen-bond acceptors (Lipinski definition) is 2. The van der Waals surface area contributed by atoms with Crippen LogP contribution in [0.15, 0.2) is 24.3 Å². The number of amides is 1. The van der Waals surface area contributed by atoms with Crippen LogP contribution in [0, 0.1) is 5.41 Å². The maximum Gasteiger partial charge on any atom is 0.241 e. The van der Waals surface area contributed by atoms with Gasteiger partial charge in [0.2, 0.25) is 5.91 Å². The lowest BCUT2D eigenvalue weighted by molar-refractivity contribution is -0.124. The van der Waals surface area contributed by atoms with E-state index in [0.29, 0.717) is 5.41 Å². The lowest BCUT2D eigenvalue weighted by Gasteiger charge is -2.30. The van der Waals surface area contributed by atoms with Crippen molar-refractivity contribution < 1.29 is 4.79 Å². The number of nitrogens with one attached hydrogen (secondary N) is 2. The molecule has 1 atom stereocenters. The molecule has 3 rings (SSSR count). The Balaban J connectivity index is 1.66. The molecule has 0 radical (unpaired) electrons. The van der Waals surface area contributed by atoms with E-state index in [4.69, 9.17) is 0 Å². The average Bonchev–Trinajstić information content (AvgIpc) is 3.01. The summed E-state index contributed by atoms with van der Waals surface area (Å²) in [7, 11) is 0. The van der Waals surface area contributed by atoms with E-state index in [1.165, 1.54) is 37.7 Å². The summed E-state index contributed by atoms with van der Waals surface area (Å²) >= 11 is 0. The van der Waals surface area contributed by atoms with E-state index >= 15 is 0 Å². The van der Waals surface area contributed by atoms with Crippen molar-refractivity contribution >= 4 is 5.91 Å². The fraction of sp³-hybridized carbons (Fsp3) is 0.611. The van der Waals surface area contributed by atoms with E-state index < -0.39 is 0 Å². The molecule has 0 saturated heterocycles. The molecule has 114 valence electrons. The maximum atomic E-state index is 12.6. The Morgan fingerprint density at radius 3 is 2.86 bits per heavy atom. The summed E-state index contributed by atoms with van der Waals surface area (Å²) in [4.78, 5) is 12.6. The largest absolute Gasteiger partial charge is 0.354 e. The topological polar surface area (TPSA) is 41.1 Å². The van der Waals surface area contributed by atoms with Crippen LogP contribution in [0.1, 0.15) is 56.2 Å². The SMILES string of the molecule is CCC1(CNC(=O)C2NCCc3ccccc32)CCCC1. The van der Waals surface area contributed by atoms with Gasteiger partial charge >= 0.3 is 0 Å². The van der Waals surface area contributed by atoms with Crippen molar-refractivity contribution in [3.05, 3.63) is 35.4 Å². The minimum atomic E-state index is -0.176. The molecule has 0 bridgehead atoms. The molecule has 1 fully saturated rings. The summed E-state index contributed by atoms with van der Waals surface area (Å²) in [6.45, 7) is 3.97. The third-order valence-electron chi connectivity index (χ3n) is 5.42. The van der Waals surface area contributed by atoms with Gasteiger partial charge in [-0.15, -0.1) is 0 Å². The van der Waals surface area contributed by atoms with Gasteiger partial charge in [0.05, 0.1) is 0 Å². The molecule has 1 aliphatic carbocycles. The third-order valence-corrected chi connectivity index (χ3v) is 5.42. The predicted octanol–water partition coefficient (Wildman–Crippen LogP) is 2.96. The summed E-state index contributed by atoms with van der Waals surface area (Å²) in [5.41, 5.74) is 2.81. The second-order valence-electron chi connectivity index (χ2n) is 6.61. The van der Waals surface area contributed by atoms with Crippen molar-refractivity contribution in [3.8, 4) is 0 Å². The molecule has 0 spiro atoms. The van der Waals surface area contributed by atoms with Crippen LogP contribution in [-0.4, -0.2) is 19.0 Å². The molecular weight excluding hydrogens is 260 g/mol. The molecular formula is C18H26N2O. The molecule has 1 heterocycles. The first kappa shape index (κ1) is 14.6. The van der Waals surface area contributed by atoms with Crippen LogP contribution in [0.3, 0.4) is 0 Å². The number of benzene rings is 1. The molecule has 1 unspecified atom stereocenters. The Labute approximate surface area is 127 Å². The number of rotatable bonds is 4. The van der Waals surface area contributed by atoms with E-state index in [1.807, 2.05) is 6.07 Å². The van der Waals surface area contributed by atoms with E-state index in [9.17, 15) is 4.79 Å². The quantitative estimate of drug-likeness (QED) is 0.893. The van der Waals surface area contributed by atoms with E-state index in [-0.39, 0.29) is 11.9 Å². The van der Waals surface area contributed by atoms with Crippen molar-refractivity contribution in [3.63, 3.8) is 0 Å². The minimum absolute atomic E-state index is 0.141. The maximum absolute atomic E-state index is 12.6. The van der Waals surface area contributed by atoms with E-state index in [1.54, 1.807) is 0 Å². The number of carbonyl (C=O) groups excluding carboxylic acids is 1. The second-order valence-corrected chi connectivity index (χ2v) is 6.61. The Hall–Kier alpha value is -1.35. The van der Waals surface area contributed by atoms with Gasteiger partial charge in [0.15, 0.2) is 0 Å². The minimum Gasteiger partial charge on any atom is -0.354 e. The summed E-state index contributed by atoms with van der Waals surface area (Å²) in [6.07, 6.45) is 7.33. The van der Waals surface area contributed by atoms with E-state index in [2.05, 4.69) is 35.8 Å². The summed E-state index contributed by atoms with van der Waals surface area (Å²) < 4.78 is 0. The lowest BCUT2D eigenvalue weighted by atomic mass is 9.83. The van der Waals surface area contributed by atoms with Crippen LogP contribution >= 0.6 is 0 Å². The van der Waals surface area contributed by atoms with Crippen LogP contribution in [0.5, 0.6) is 0 Å². The Kier molecular flexibility index (Phi) is 4.29. The van der Waals surface area contributed by atoms with Gasteiger partial charge in [-0.25, -0.2) is 0 Å². The van der Waals surface area contributed by atoms with Crippen molar-refractivity contribution in [1.82, 2.24) is 10.6 Å². The smallest absolute Gasteiger partial charge is 0.241 e. The third kappa shape index (κ3) is 2.98. The Bertz CT molecular complexity index is 506. The molecule has 3 nitrogen and oxygen atoms in total. The zero-order valence-corrected chi connectivity index (χ0v) is 13.0. The van der Waals surface area contributed by atoms with Gasteiger partial charge in [-0.1, -0.05) is 44.0 Å². The van der Waals surface area contributed by atoms with Crippen molar-refractivity contribution in [2.45, 2.75) is 51.5 Å². The van der Waals surface area contributed by atoms with Gasteiger partial charge in [0.25, 0.3) is 0 Å². The molecule has 2 N–H and O–H groups in total. The van der Waals surface area contributed by atoms with Crippen LogP contribution in [-0.2, 0) is 11.2 Å². The first-order valence-corrected chi connectivity index (χ1v) is 8.33. The van der Waals surface area contributed by atoms with Crippen molar-refractivity contribution in [2.24, 2.45) is 5.41 Å². The van der Waals surface area contributed by atoms with Gasteiger partial charge in [-0.2, -0.15) is 0 Å². The zero-order valence-electron chi connectivity index (χ0n) is 13.0. The average molecular weight is 286 g/mol. The highest BCUT2D eigenvalue weighted by Crippen LogP contribution is 2.40. The Morgan fingerprint density at radius 1 is 1.33 bits per heavy atom. The molecule has 1 aliphatic heterocycles. The van der Waals surface area contributed by atoms with Gasteiger partial charge < -0.3 is 10.6 Å². The highest BCUT2D eigenvalue weighted by molar-refractivity contribution is 5.84. The number of hydrogen-bond donors (Lipinski definition) is 2. The first-order chi connectivity index (χ1) is 10.2. The molecule has 0 aromatic heterocycles. The predicted molar refractivity (Wildman–Crippen MR) is 85.1 cm³/mol. The fourth-order valence-electron chi connectivity index (χ4n) is 3.90. The van der Waals surface area contributed by atoms with Gasteiger partial charge in [0.1, 0.15) is 6.04 Å². The zero-order chi connectivity index (χ0) is 14.7. The first-order valence-electron chi connectivity index (χ1n) is 8.33. The molecule has 2 aliphatic rings. The highest BCUT2D eigenvalue weighted by atomic mass is 16.2. The molecule has 3 heteroatoms. The van der Waals surface area contributed by atoms with Crippen LogP contribution in [0.25, 0.3) is 0 Å². The summed E-state index contributed by atoms with van der Waals surface area (Å²) in [5, 5.41) is 6.59. The van der Waals surface area contributed by atoms with Gasteiger partial charge in [0, 0.05) is 13.1 Å². The summed E-state index contributed by atoms with van der Waals surface area (Å²) in [5.74, 6) is 0.141. The second kappa shape index (κ2) is 6.18. The molecule has 1 aromatic carbocycles. The van der Waals surface area contributed by atoms with Gasteiger partial charge in [-0.3, -0.25) is 4.79 Å². The number of carbonyl (C=O) groups is 1. The lowest BCUT2D eigenvalue weighted by Crippen LogP contribution is -2.44. The van der Waals surface area contributed by atoms with Crippen molar-refractivity contribution in [2.75, 3.05) is 13.1 Å². The highest BCUT2D eigenvalue weighted by Gasteiger charge is 2.33. The molecule has 1 aromatic rings. The van der Waals surface area contributed by atoms with Crippen LogP contribution < -0.4 is 10.6 Å². The van der Waals surface area contributed by atoms with Gasteiger partial charge in [-0.05, 0) is 42.2 Å². The normalized spacial score (nSPS) is 23.6. The Morgan fingerprint density at radius 2 is 2.10 bits per heavy atom. The fourth-order valence-corrected chi connectivity index (χ4v) is 3.90. The van der Waals surface area contributed by atoms with E-state index in [0.717, 1.165) is 25.1 Å². The number of fused-ring (bicyclic) bond motifs is 1. The van der Waals surface area contributed by atoms with Crippen LogP contribution in [0.4, 0.5) is 0 Å². The van der Waals surface area contributed by atoms with Crippen molar-refractivity contribution in [1.29, 1.82) is 0 Å². The summed E-state index contributed by atoms with van der Waals surface area (Å²) in [6, 6.07) is 8.13. The standard InChI is InChI=1S/C18H26N2O/c1-2-18(10-5-6-11-18)13-20-17(21)16-15-8-4-3-7-14(15)9-12-19-16/h3-4,7-8,16,19H,2,5-6,9-13H2,1H3,(H,20,21).